The SMILES string of the molecule is CCOc1ccc(C2C(=C([O-])c3ccc(Br)cc3)C(=O)C(=O)N2CC[NH+](C)C)cc1OC. The van der Waals surface area contributed by atoms with Gasteiger partial charge < -0.3 is 24.4 Å². The monoisotopic (exact) mass is 502 g/mol. The second-order valence-electron chi connectivity index (χ2n) is 7.78. The summed E-state index contributed by atoms with van der Waals surface area (Å²) in [6, 6.07) is 11.2. The number of likely N-dealkylation sites (N-methyl/N-ethyl adjacent to an activating group) is 1. The van der Waals surface area contributed by atoms with Crippen LogP contribution in [0.2, 0.25) is 0 Å². The molecule has 1 fully saturated rings. The van der Waals surface area contributed by atoms with Gasteiger partial charge in [-0.2, -0.15) is 0 Å². The number of amides is 1. The molecule has 1 N–H and O–H groups in total. The third-order valence-corrected chi connectivity index (χ3v) is 5.82. The van der Waals surface area contributed by atoms with Crippen molar-refractivity contribution in [2.24, 2.45) is 0 Å². The van der Waals surface area contributed by atoms with Crippen molar-refractivity contribution in [3.63, 3.8) is 0 Å². The molecule has 1 aliphatic heterocycles. The van der Waals surface area contributed by atoms with Gasteiger partial charge in [0.05, 0.1) is 46.9 Å². The highest BCUT2D eigenvalue weighted by Gasteiger charge is 2.44. The summed E-state index contributed by atoms with van der Waals surface area (Å²) in [7, 11) is 5.46. The summed E-state index contributed by atoms with van der Waals surface area (Å²) < 4.78 is 11.9. The zero-order valence-corrected chi connectivity index (χ0v) is 20.2. The fraction of sp³-hybridized carbons (Fsp3) is 0.333. The summed E-state index contributed by atoms with van der Waals surface area (Å²) in [5.41, 5.74) is 0.934. The van der Waals surface area contributed by atoms with Gasteiger partial charge in [0.15, 0.2) is 11.5 Å². The molecule has 170 valence electrons. The molecule has 0 bridgehead atoms. The van der Waals surface area contributed by atoms with E-state index in [9.17, 15) is 14.7 Å². The van der Waals surface area contributed by atoms with Crippen LogP contribution in [0.15, 0.2) is 52.5 Å². The van der Waals surface area contributed by atoms with E-state index in [-0.39, 0.29) is 5.57 Å². The predicted molar refractivity (Wildman–Crippen MR) is 122 cm³/mol. The minimum absolute atomic E-state index is 0.0442. The number of hydrogen-bond donors (Lipinski definition) is 1. The van der Waals surface area contributed by atoms with Gasteiger partial charge in [-0.1, -0.05) is 39.9 Å². The van der Waals surface area contributed by atoms with Crippen LogP contribution in [-0.4, -0.2) is 57.5 Å². The molecule has 0 spiro atoms. The number of rotatable bonds is 8. The highest BCUT2D eigenvalue weighted by Crippen LogP contribution is 2.41. The van der Waals surface area contributed by atoms with E-state index in [1.54, 1.807) is 42.5 Å². The van der Waals surface area contributed by atoms with Crippen molar-refractivity contribution in [1.82, 2.24) is 4.90 Å². The van der Waals surface area contributed by atoms with Crippen molar-refractivity contribution in [2.45, 2.75) is 13.0 Å². The fourth-order valence-electron chi connectivity index (χ4n) is 3.68. The van der Waals surface area contributed by atoms with E-state index in [1.807, 2.05) is 21.0 Å². The van der Waals surface area contributed by atoms with Crippen molar-refractivity contribution >= 4 is 33.4 Å². The van der Waals surface area contributed by atoms with E-state index >= 15 is 0 Å². The number of benzene rings is 2. The molecular weight excluding hydrogens is 476 g/mol. The Morgan fingerprint density at radius 2 is 1.81 bits per heavy atom. The van der Waals surface area contributed by atoms with Crippen LogP contribution in [0, 0.1) is 0 Å². The van der Waals surface area contributed by atoms with E-state index < -0.39 is 23.5 Å². The van der Waals surface area contributed by atoms with Gasteiger partial charge in [0.1, 0.15) is 0 Å². The molecule has 7 nitrogen and oxygen atoms in total. The number of quaternary nitrogens is 1. The molecule has 1 saturated heterocycles. The molecule has 0 saturated carbocycles. The average molecular weight is 503 g/mol. The van der Waals surface area contributed by atoms with Crippen LogP contribution in [-0.2, 0) is 9.59 Å². The Kier molecular flexibility index (Phi) is 7.58. The minimum atomic E-state index is -0.796. The van der Waals surface area contributed by atoms with Crippen molar-refractivity contribution < 1.29 is 29.1 Å². The molecule has 1 atom stereocenters. The van der Waals surface area contributed by atoms with Crippen LogP contribution in [0.4, 0.5) is 0 Å². The van der Waals surface area contributed by atoms with Crippen molar-refractivity contribution in [3.8, 4) is 11.5 Å². The van der Waals surface area contributed by atoms with E-state index in [2.05, 4.69) is 15.9 Å². The number of ketones is 1. The van der Waals surface area contributed by atoms with Crippen molar-refractivity contribution in [2.75, 3.05) is 40.9 Å². The van der Waals surface area contributed by atoms with Gasteiger partial charge in [0, 0.05) is 10.0 Å². The maximum atomic E-state index is 13.4. The number of carbonyl (C=O) groups is 2. The van der Waals surface area contributed by atoms with Crippen LogP contribution in [0.1, 0.15) is 24.1 Å². The highest BCUT2D eigenvalue weighted by molar-refractivity contribution is 9.10. The topological polar surface area (TPSA) is 83.3 Å². The first-order chi connectivity index (χ1) is 15.3. The molecular formula is C24H27BrN2O5. The first-order valence-corrected chi connectivity index (χ1v) is 11.2. The zero-order valence-electron chi connectivity index (χ0n) is 18.6. The molecule has 2 aromatic carbocycles. The van der Waals surface area contributed by atoms with Crippen molar-refractivity contribution in [1.29, 1.82) is 0 Å². The summed E-state index contributed by atoms with van der Waals surface area (Å²) in [5.74, 6) is -0.841. The van der Waals surface area contributed by atoms with Crippen LogP contribution >= 0.6 is 15.9 Å². The minimum Gasteiger partial charge on any atom is -0.872 e. The third-order valence-electron chi connectivity index (χ3n) is 5.29. The largest absolute Gasteiger partial charge is 0.872 e. The van der Waals surface area contributed by atoms with Gasteiger partial charge in [-0.25, -0.2) is 0 Å². The van der Waals surface area contributed by atoms with Gasteiger partial charge >= 0.3 is 0 Å². The lowest BCUT2D eigenvalue weighted by molar-refractivity contribution is -0.857. The quantitative estimate of drug-likeness (QED) is 0.333. The molecule has 1 aliphatic rings. The van der Waals surface area contributed by atoms with Crippen LogP contribution in [0.5, 0.6) is 11.5 Å². The van der Waals surface area contributed by atoms with E-state index in [4.69, 9.17) is 9.47 Å². The molecule has 0 radical (unpaired) electrons. The second kappa shape index (κ2) is 10.2. The number of methoxy groups -OCH3 is 1. The maximum Gasteiger partial charge on any atom is 0.295 e. The number of ether oxygens (including phenoxy) is 2. The Bertz CT molecular complexity index is 1030. The molecule has 3 rings (SSSR count). The Hall–Kier alpha value is -2.84. The number of carbonyl (C=O) groups excluding carboxylic acids is 2. The lowest BCUT2D eigenvalue weighted by atomic mass is 9.95. The van der Waals surface area contributed by atoms with Gasteiger partial charge in [0.2, 0.25) is 5.78 Å². The lowest BCUT2D eigenvalue weighted by Gasteiger charge is -2.28. The summed E-state index contributed by atoms with van der Waals surface area (Å²) >= 11 is 3.35. The molecule has 1 unspecified atom stereocenters. The lowest BCUT2D eigenvalue weighted by Crippen LogP contribution is -3.06. The number of nitrogens with zero attached hydrogens (tertiary/aromatic N) is 1. The standard InChI is InChI=1S/C24H27BrN2O5/c1-5-32-18-11-8-16(14-19(18)31-4)21-20(22(28)15-6-9-17(25)10-7-15)23(29)24(30)27(21)13-12-26(2)3/h6-11,14,21,28H,5,12-13H2,1-4H3. The Balaban J connectivity index is 2.16. The van der Waals surface area contributed by atoms with Gasteiger partial charge in [-0.3, -0.25) is 9.59 Å². The first-order valence-electron chi connectivity index (χ1n) is 10.4. The van der Waals surface area contributed by atoms with E-state index in [0.717, 1.165) is 9.37 Å². The Labute approximate surface area is 196 Å². The van der Waals surface area contributed by atoms with E-state index in [0.29, 0.717) is 42.3 Å². The molecule has 1 amide bonds. The molecule has 1 heterocycles. The van der Waals surface area contributed by atoms with Crippen LogP contribution < -0.4 is 19.5 Å². The van der Waals surface area contributed by atoms with Crippen LogP contribution in [0.3, 0.4) is 0 Å². The summed E-state index contributed by atoms with van der Waals surface area (Å²) in [6.07, 6.45) is 0. The molecule has 0 aliphatic carbocycles. The number of hydrogen-bond acceptors (Lipinski definition) is 5. The number of likely N-dealkylation sites (tertiary alicyclic amines) is 1. The number of Topliss-reactive ketones (excluding diaryl/α,β-unsaturated/α-hetero) is 1. The molecule has 8 heteroatoms. The maximum absolute atomic E-state index is 13.4. The summed E-state index contributed by atoms with van der Waals surface area (Å²) in [6.45, 7) is 3.30. The third kappa shape index (κ3) is 4.81. The number of nitrogens with one attached hydrogen (secondary N) is 1. The van der Waals surface area contributed by atoms with Crippen molar-refractivity contribution in [3.05, 3.63) is 63.6 Å². The molecule has 2 aromatic rings. The predicted octanol–water partition coefficient (Wildman–Crippen LogP) is 1.22. The fourth-order valence-corrected chi connectivity index (χ4v) is 3.94. The Morgan fingerprint density at radius 3 is 2.41 bits per heavy atom. The van der Waals surface area contributed by atoms with Gasteiger partial charge in [0.25, 0.3) is 5.91 Å². The van der Waals surface area contributed by atoms with E-state index in [1.165, 1.54) is 12.0 Å². The second-order valence-corrected chi connectivity index (χ2v) is 8.70. The van der Waals surface area contributed by atoms with Crippen LogP contribution in [0.25, 0.3) is 5.76 Å². The smallest absolute Gasteiger partial charge is 0.295 e. The number of halogens is 1. The molecule has 0 aromatic heterocycles. The Morgan fingerprint density at radius 1 is 1.12 bits per heavy atom. The normalized spacial score (nSPS) is 17.8. The van der Waals surface area contributed by atoms with Gasteiger partial charge in [-0.15, -0.1) is 0 Å². The van der Waals surface area contributed by atoms with Gasteiger partial charge in [-0.05, 0) is 42.3 Å². The summed E-state index contributed by atoms with van der Waals surface area (Å²) in [4.78, 5) is 28.6. The highest BCUT2D eigenvalue weighted by atomic mass is 79.9. The molecule has 32 heavy (non-hydrogen) atoms. The first kappa shape index (κ1) is 23.8. The summed E-state index contributed by atoms with van der Waals surface area (Å²) in [5, 5.41) is 13.4. The average Bonchev–Trinajstić information content (AvgIpc) is 3.03. The zero-order chi connectivity index (χ0) is 23.4.